The van der Waals surface area contributed by atoms with Gasteiger partial charge in [-0.3, -0.25) is 0 Å². The van der Waals surface area contributed by atoms with E-state index < -0.39 is 0 Å². The molecule has 0 bridgehead atoms. The lowest BCUT2D eigenvalue weighted by Crippen LogP contribution is -2.41. The summed E-state index contributed by atoms with van der Waals surface area (Å²) in [7, 11) is 0. The number of hydrogen-bond acceptors (Lipinski definition) is 0. The minimum absolute atomic E-state index is 0.433. The van der Waals surface area contributed by atoms with Crippen LogP contribution < -0.4 is 0 Å². The molecule has 0 radical (unpaired) electrons. The number of hydrogen-bond donors (Lipinski definition) is 0. The van der Waals surface area contributed by atoms with E-state index in [0.29, 0.717) is 10.8 Å². The Morgan fingerprint density at radius 2 is 1.00 bits per heavy atom. The molecule has 0 saturated carbocycles. The minimum Gasteiger partial charge on any atom is -0.0651 e. The summed E-state index contributed by atoms with van der Waals surface area (Å²) in [6, 6.07) is 0. The van der Waals surface area contributed by atoms with E-state index in [0.717, 1.165) is 17.8 Å². The van der Waals surface area contributed by atoms with Crippen LogP contribution in [-0.2, 0) is 0 Å². The Bertz CT molecular complexity index is 164. The van der Waals surface area contributed by atoms with E-state index >= 15 is 0 Å². The lowest BCUT2D eigenvalue weighted by atomic mass is 9.56. The Labute approximate surface area is 97.8 Å². The third-order valence-corrected chi connectivity index (χ3v) is 5.18. The highest BCUT2D eigenvalue weighted by atomic mass is 14.5. The molecule has 0 aromatic rings. The van der Waals surface area contributed by atoms with Crippen LogP contribution >= 0.6 is 0 Å². The van der Waals surface area contributed by atoms with Crippen molar-refractivity contribution < 1.29 is 0 Å². The van der Waals surface area contributed by atoms with Crippen LogP contribution in [0.5, 0.6) is 0 Å². The molecule has 0 aliphatic heterocycles. The fraction of sp³-hybridized carbons (Fsp3) is 1.00. The summed E-state index contributed by atoms with van der Waals surface area (Å²) in [5.74, 6) is 2.30. The quantitative estimate of drug-likeness (QED) is 0.574. The summed E-state index contributed by atoms with van der Waals surface area (Å²) in [4.78, 5) is 0. The molecular weight excluding hydrogens is 180 g/mol. The second kappa shape index (κ2) is 4.89. The SMILES string of the molecule is CCC(C(C)(C)C(C)C)C(C)(C)C(C)C. The van der Waals surface area contributed by atoms with Gasteiger partial charge < -0.3 is 0 Å². The van der Waals surface area contributed by atoms with Crippen molar-refractivity contribution in [1.29, 1.82) is 0 Å². The maximum absolute atomic E-state index is 2.44. The Morgan fingerprint density at radius 1 is 0.733 bits per heavy atom. The number of rotatable bonds is 5. The molecule has 0 amide bonds. The van der Waals surface area contributed by atoms with Crippen LogP contribution in [0.4, 0.5) is 0 Å². The molecule has 0 aliphatic rings. The Hall–Kier alpha value is 0. The van der Waals surface area contributed by atoms with Crippen LogP contribution in [0, 0.1) is 28.6 Å². The summed E-state index contributed by atoms with van der Waals surface area (Å²) in [6.07, 6.45) is 1.29. The maximum atomic E-state index is 2.44. The summed E-state index contributed by atoms with van der Waals surface area (Å²) in [5, 5.41) is 0. The molecule has 0 nitrogen and oxygen atoms in total. The minimum atomic E-state index is 0.433. The smallest absolute Gasteiger partial charge is 0.0298 e. The summed E-state index contributed by atoms with van der Waals surface area (Å²) in [6.45, 7) is 21.5. The highest BCUT2D eigenvalue weighted by Gasteiger charge is 2.42. The fourth-order valence-electron chi connectivity index (χ4n) is 2.82. The summed E-state index contributed by atoms with van der Waals surface area (Å²) >= 11 is 0. The van der Waals surface area contributed by atoms with Gasteiger partial charge in [0.1, 0.15) is 0 Å². The highest BCUT2D eigenvalue weighted by Crippen LogP contribution is 2.49. The molecule has 0 heteroatoms. The van der Waals surface area contributed by atoms with Crippen LogP contribution in [0.15, 0.2) is 0 Å². The molecule has 0 fully saturated rings. The molecule has 0 aromatic carbocycles. The van der Waals surface area contributed by atoms with E-state index in [9.17, 15) is 0 Å². The first-order valence-electron chi connectivity index (χ1n) is 6.58. The zero-order valence-electron chi connectivity index (χ0n) is 12.4. The third-order valence-electron chi connectivity index (χ3n) is 5.18. The van der Waals surface area contributed by atoms with Crippen molar-refractivity contribution in [2.45, 2.75) is 68.7 Å². The molecule has 0 aromatic heterocycles. The lowest BCUT2D eigenvalue weighted by molar-refractivity contribution is 0.00163. The largest absolute Gasteiger partial charge is 0.0651 e. The van der Waals surface area contributed by atoms with Gasteiger partial charge in [-0.15, -0.1) is 0 Å². The van der Waals surface area contributed by atoms with Crippen LogP contribution in [-0.4, -0.2) is 0 Å². The predicted octanol–water partition coefficient (Wildman–Crippen LogP) is 5.38. The van der Waals surface area contributed by atoms with E-state index in [1.807, 2.05) is 0 Å². The second-order valence-electron chi connectivity index (χ2n) is 6.91. The van der Waals surface area contributed by atoms with Crippen LogP contribution in [0.3, 0.4) is 0 Å². The van der Waals surface area contributed by atoms with Crippen LogP contribution in [0.25, 0.3) is 0 Å². The van der Waals surface area contributed by atoms with E-state index in [4.69, 9.17) is 0 Å². The van der Waals surface area contributed by atoms with Gasteiger partial charge in [-0.2, -0.15) is 0 Å². The zero-order valence-corrected chi connectivity index (χ0v) is 12.4. The van der Waals surface area contributed by atoms with Gasteiger partial charge >= 0.3 is 0 Å². The van der Waals surface area contributed by atoms with Gasteiger partial charge in [0.2, 0.25) is 0 Å². The third kappa shape index (κ3) is 2.98. The molecular formula is C15H32. The molecule has 0 heterocycles. The topological polar surface area (TPSA) is 0 Å². The molecule has 92 valence electrons. The van der Waals surface area contributed by atoms with Crippen molar-refractivity contribution in [2.75, 3.05) is 0 Å². The van der Waals surface area contributed by atoms with Crippen molar-refractivity contribution in [2.24, 2.45) is 28.6 Å². The van der Waals surface area contributed by atoms with Gasteiger partial charge in [0.05, 0.1) is 0 Å². The van der Waals surface area contributed by atoms with Crippen molar-refractivity contribution in [1.82, 2.24) is 0 Å². The standard InChI is InChI=1S/C15H32/c1-10-13(14(6,7)11(2)3)15(8,9)12(4)5/h11-13H,10H2,1-9H3. The Morgan fingerprint density at radius 3 is 1.13 bits per heavy atom. The van der Waals surface area contributed by atoms with Crippen molar-refractivity contribution >= 4 is 0 Å². The molecule has 0 saturated heterocycles. The van der Waals surface area contributed by atoms with Gasteiger partial charge in [-0.05, 0) is 28.6 Å². The van der Waals surface area contributed by atoms with E-state index in [1.54, 1.807) is 0 Å². The predicted molar refractivity (Wildman–Crippen MR) is 71.0 cm³/mol. The Balaban J connectivity index is 5.07. The highest BCUT2D eigenvalue weighted by molar-refractivity contribution is 4.91. The van der Waals surface area contributed by atoms with Gasteiger partial charge in [0.15, 0.2) is 0 Å². The lowest BCUT2D eigenvalue weighted by Gasteiger charge is -2.49. The molecule has 0 rings (SSSR count). The van der Waals surface area contributed by atoms with Crippen LogP contribution in [0.2, 0.25) is 0 Å². The van der Waals surface area contributed by atoms with Gasteiger partial charge in [-0.25, -0.2) is 0 Å². The van der Waals surface area contributed by atoms with Crippen molar-refractivity contribution in [3.8, 4) is 0 Å². The van der Waals surface area contributed by atoms with Crippen LogP contribution in [0.1, 0.15) is 68.7 Å². The summed E-state index contributed by atoms with van der Waals surface area (Å²) in [5.41, 5.74) is 0.866. The first-order valence-corrected chi connectivity index (χ1v) is 6.58. The van der Waals surface area contributed by atoms with Gasteiger partial charge in [0.25, 0.3) is 0 Å². The molecule has 0 spiro atoms. The maximum Gasteiger partial charge on any atom is -0.0298 e. The zero-order chi connectivity index (χ0) is 12.4. The van der Waals surface area contributed by atoms with E-state index in [-0.39, 0.29) is 0 Å². The van der Waals surface area contributed by atoms with E-state index in [1.165, 1.54) is 6.42 Å². The molecule has 0 atom stereocenters. The first kappa shape index (κ1) is 15.0. The van der Waals surface area contributed by atoms with Gasteiger partial charge in [-0.1, -0.05) is 68.7 Å². The van der Waals surface area contributed by atoms with Crippen molar-refractivity contribution in [3.63, 3.8) is 0 Å². The molecule has 0 aliphatic carbocycles. The van der Waals surface area contributed by atoms with Gasteiger partial charge in [0, 0.05) is 0 Å². The normalized spacial score (nSPS) is 14.4. The average molecular weight is 212 g/mol. The Kier molecular flexibility index (Phi) is 4.89. The van der Waals surface area contributed by atoms with Crippen molar-refractivity contribution in [3.05, 3.63) is 0 Å². The molecule has 0 unspecified atom stereocenters. The summed E-state index contributed by atoms with van der Waals surface area (Å²) < 4.78 is 0. The van der Waals surface area contributed by atoms with E-state index in [2.05, 4.69) is 62.3 Å². The molecule has 0 N–H and O–H groups in total. The monoisotopic (exact) mass is 212 g/mol. The molecule has 15 heavy (non-hydrogen) atoms. The second-order valence-corrected chi connectivity index (χ2v) is 6.91. The average Bonchev–Trinajstić information content (AvgIpc) is 2.03. The fourth-order valence-corrected chi connectivity index (χ4v) is 2.82. The first-order chi connectivity index (χ1) is 6.58.